The molecule has 0 bridgehead atoms. The van der Waals surface area contributed by atoms with Crippen molar-refractivity contribution in [1.29, 1.82) is 0 Å². The van der Waals surface area contributed by atoms with Crippen LogP contribution in [0.15, 0.2) is 24.3 Å². The van der Waals surface area contributed by atoms with Crippen LogP contribution in [0.1, 0.15) is 0 Å². The molecule has 1 nitrogen and oxygen atoms in total. The normalized spacial score (nSPS) is 16.1. The van der Waals surface area contributed by atoms with E-state index in [1.165, 1.54) is 0 Å². The fourth-order valence-electron chi connectivity index (χ4n) is 0.725. The standard InChI is InChI=1S/C7H9O.Zr/c1-8-6-7-4-2-3-5-7;/h2-5,7H,1,6H2;/q-1;. The van der Waals surface area contributed by atoms with Gasteiger partial charge in [-0.05, 0) is 0 Å². The van der Waals surface area contributed by atoms with Gasteiger partial charge in [0.1, 0.15) is 0 Å². The summed E-state index contributed by atoms with van der Waals surface area (Å²) in [6, 6.07) is 0. The van der Waals surface area contributed by atoms with Crippen LogP contribution >= 0.6 is 0 Å². The van der Waals surface area contributed by atoms with Crippen molar-refractivity contribution in [3.05, 3.63) is 31.4 Å². The van der Waals surface area contributed by atoms with Crippen LogP contribution in [0.25, 0.3) is 0 Å². The maximum Gasteiger partial charge on any atom is 0.0210 e. The first-order chi connectivity index (χ1) is 3.93. The van der Waals surface area contributed by atoms with Gasteiger partial charge in [-0.2, -0.15) is 0 Å². The molecule has 9 heavy (non-hydrogen) atoms. The van der Waals surface area contributed by atoms with Gasteiger partial charge in [0.2, 0.25) is 0 Å². The zero-order valence-corrected chi connectivity index (χ0v) is 7.67. The van der Waals surface area contributed by atoms with Crippen LogP contribution in [-0.2, 0) is 30.9 Å². The monoisotopic (exact) mass is 199 g/mol. The number of ether oxygens (including phenoxy) is 1. The molecule has 0 saturated heterocycles. The summed E-state index contributed by atoms with van der Waals surface area (Å²) in [6.45, 7) is 0.701. The van der Waals surface area contributed by atoms with Crippen LogP contribution in [0.2, 0.25) is 0 Å². The number of hydrogen-bond donors (Lipinski definition) is 0. The Morgan fingerprint density at radius 2 is 1.89 bits per heavy atom. The Bertz CT molecular complexity index is 106. The molecular weight excluding hydrogens is 191 g/mol. The topological polar surface area (TPSA) is 9.23 Å². The molecule has 1 rings (SSSR count). The first-order valence-corrected chi connectivity index (χ1v) is 2.65. The second-order valence-corrected chi connectivity index (χ2v) is 1.80. The molecular formula is C7H9OZr-. The van der Waals surface area contributed by atoms with Crippen LogP contribution in [0.4, 0.5) is 0 Å². The molecule has 0 fully saturated rings. The molecule has 0 aromatic rings. The average Bonchev–Trinajstić information content (AvgIpc) is 2.19. The third-order valence-corrected chi connectivity index (χ3v) is 1.14. The van der Waals surface area contributed by atoms with E-state index in [4.69, 9.17) is 0 Å². The van der Waals surface area contributed by atoms with Gasteiger partial charge in [-0.3, -0.25) is 0 Å². The molecule has 1 aliphatic carbocycles. The van der Waals surface area contributed by atoms with Crippen molar-refractivity contribution in [2.24, 2.45) is 5.92 Å². The van der Waals surface area contributed by atoms with E-state index >= 15 is 0 Å². The van der Waals surface area contributed by atoms with E-state index in [-0.39, 0.29) is 26.2 Å². The molecule has 0 unspecified atom stereocenters. The molecule has 0 amide bonds. The molecule has 0 heterocycles. The molecule has 0 aromatic carbocycles. The van der Waals surface area contributed by atoms with Gasteiger partial charge in [-0.25, -0.2) is 7.11 Å². The molecule has 0 radical (unpaired) electrons. The van der Waals surface area contributed by atoms with Crippen molar-refractivity contribution in [2.75, 3.05) is 6.61 Å². The van der Waals surface area contributed by atoms with Crippen molar-refractivity contribution < 1.29 is 30.9 Å². The second-order valence-electron chi connectivity index (χ2n) is 1.80. The van der Waals surface area contributed by atoms with Crippen LogP contribution in [0, 0.1) is 13.0 Å². The molecule has 48 valence electrons. The predicted molar refractivity (Wildman–Crippen MR) is 33.1 cm³/mol. The van der Waals surface area contributed by atoms with Crippen molar-refractivity contribution >= 4 is 0 Å². The summed E-state index contributed by atoms with van der Waals surface area (Å²) in [4.78, 5) is 0. The van der Waals surface area contributed by atoms with Gasteiger partial charge < -0.3 is 4.74 Å². The van der Waals surface area contributed by atoms with Gasteiger partial charge in [-0.1, -0.05) is 24.3 Å². The van der Waals surface area contributed by atoms with E-state index in [9.17, 15) is 0 Å². The minimum Gasteiger partial charge on any atom is -0.554 e. The van der Waals surface area contributed by atoms with Crippen molar-refractivity contribution in [3.8, 4) is 0 Å². The second kappa shape index (κ2) is 5.14. The Balaban J connectivity index is 0.000000640. The quantitative estimate of drug-likeness (QED) is 0.614. The van der Waals surface area contributed by atoms with Crippen molar-refractivity contribution in [2.45, 2.75) is 0 Å². The van der Waals surface area contributed by atoms with Crippen LogP contribution in [0.3, 0.4) is 0 Å². The molecule has 2 heteroatoms. The summed E-state index contributed by atoms with van der Waals surface area (Å²) in [7, 11) is 3.28. The molecule has 0 aromatic heterocycles. The van der Waals surface area contributed by atoms with E-state index in [1.54, 1.807) is 0 Å². The fraction of sp³-hybridized carbons (Fsp3) is 0.286. The van der Waals surface area contributed by atoms with Crippen LogP contribution in [-0.4, -0.2) is 6.61 Å². The average molecular weight is 200 g/mol. The summed E-state index contributed by atoms with van der Waals surface area (Å²) < 4.78 is 4.67. The van der Waals surface area contributed by atoms with E-state index < -0.39 is 0 Å². The third-order valence-electron chi connectivity index (χ3n) is 1.14. The van der Waals surface area contributed by atoms with E-state index in [0.29, 0.717) is 12.5 Å². The Morgan fingerprint density at radius 3 is 2.33 bits per heavy atom. The maximum atomic E-state index is 4.67. The van der Waals surface area contributed by atoms with E-state index in [1.807, 2.05) is 12.2 Å². The number of allylic oxidation sites excluding steroid dienone is 2. The van der Waals surface area contributed by atoms with Gasteiger partial charge >= 0.3 is 0 Å². The summed E-state index contributed by atoms with van der Waals surface area (Å²) in [5.41, 5.74) is 0. The van der Waals surface area contributed by atoms with E-state index in [2.05, 4.69) is 24.0 Å². The number of rotatable bonds is 2. The Kier molecular flexibility index (Phi) is 5.32. The molecule has 0 saturated carbocycles. The van der Waals surface area contributed by atoms with Gasteiger partial charge in [0.15, 0.2) is 0 Å². The van der Waals surface area contributed by atoms with Crippen LogP contribution in [0.5, 0.6) is 0 Å². The summed E-state index contributed by atoms with van der Waals surface area (Å²) in [5.74, 6) is 0.465. The molecule has 0 aliphatic heterocycles. The maximum absolute atomic E-state index is 4.67. The Hall–Kier alpha value is 0.323. The minimum absolute atomic E-state index is 0. The molecule has 0 N–H and O–H groups in total. The van der Waals surface area contributed by atoms with Crippen molar-refractivity contribution in [1.82, 2.24) is 0 Å². The molecule has 1 aliphatic rings. The van der Waals surface area contributed by atoms with Gasteiger partial charge in [0.05, 0.1) is 0 Å². The first-order valence-electron chi connectivity index (χ1n) is 2.65. The fourth-order valence-corrected chi connectivity index (χ4v) is 0.725. The smallest absolute Gasteiger partial charge is 0.0210 e. The Labute approximate surface area is 74.9 Å². The Morgan fingerprint density at radius 1 is 1.33 bits per heavy atom. The van der Waals surface area contributed by atoms with Gasteiger partial charge in [0.25, 0.3) is 0 Å². The van der Waals surface area contributed by atoms with Crippen molar-refractivity contribution in [3.63, 3.8) is 0 Å². The van der Waals surface area contributed by atoms with Gasteiger partial charge in [0, 0.05) is 38.7 Å². The minimum atomic E-state index is 0. The van der Waals surface area contributed by atoms with Crippen LogP contribution < -0.4 is 0 Å². The van der Waals surface area contributed by atoms with Gasteiger partial charge in [-0.15, -0.1) is 0 Å². The largest absolute Gasteiger partial charge is 0.554 e. The van der Waals surface area contributed by atoms with E-state index in [0.717, 1.165) is 0 Å². The molecule has 0 atom stereocenters. The first kappa shape index (κ1) is 9.32. The summed E-state index contributed by atoms with van der Waals surface area (Å²) >= 11 is 0. The summed E-state index contributed by atoms with van der Waals surface area (Å²) in [5, 5.41) is 0. The summed E-state index contributed by atoms with van der Waals surface area (Å²) in [6.07, 6.45) is 8.21. The zero-order chi connectivity index (χ0) is 5.82. The predicted octanol–water partition coefficient (Wildman–Crippen LogP) is 1.53. The SMILES string of the molecule is [CH2-]OCC1C=CC=C1.[Zr]. The number of hydrogen-bond acceptors (Lipinski definition) is 1. The third kappa shape index (κ3) is 3.12. The zero-order valence-electron chi connectivity index (χ0n) is 5.21. The molecule has 0 spiro atoms.